The molecule has 3 rings (SSSR count). The molecule has 1 saturated carbocycles. The molecule has 1 aliphatic carbocycles. The topological polar surface area (TPSA) is 114 Å². The first-order valence-corrected chi connectivity index (χ1v) is 8.64. The first-order chi connectivity index (χ1) is 12.4. The molecule has 1 aromatic carbocycles. The SMILES string of the molecule is CC1(C)[C@@H](O)C[C@H]1Nc1nc(NCCc2ccccc2O)ncc1C#N.[HH]. The van der Waals surface area contributed by atoms with E-state index in [1.807, 2.05) is 26.0 Å². The molecule has 0 saturated heterocycles. The molecule has 0 bridgehead atoms. The molecule has 7 nitrogen and oxygen atoms in total. The Bertz CT molecular complexity index is 837. The summed E-state index contributed by atoms with van der Waals surface area (Å²) in [5.74, 6) is 1.15. The molecule has 2 aromatic rings. The molecule has 138 valence electrons. The maximum absolute atomic E-state index is 9.88. The first-order valence-electron chi connectivity index (χ1n) is 8.64. The minimum absolute atomic E-state index is 0. The van der Waals surface area contributed by atoms with E-state index in [0.717, 1.165) is 5.56 Å². The van der Waals surface area contributed by atoms with Crippen molar-refractivity contribution in [2.24, 2.45) is 5.41 Å². The van der Waals surface area contributed by atoms with E-state index in [9.17, 15) is 15.5 Å². The highest BCUT2D eigenvalue weighted by molar-refractivity contribution is 5.54. The zero-order valence-electron chi connectivity index (χ0n) is 14.9. The van der Waals surface area contributed by atoms with Crippen LogP contribution in [0.3, 0.4) is 0 Å². The van der Waals surface area contributed by atoms with Crippen molar-refractivity contribution >= 4 is 11.8 Å². The summed E-state index contributed by atoms with van der Waals surface area (Å²) in [5, 5.41) is 35.3. The summed E-state index contributed by atoms with van der Waals surface area (Å²) in [6.45, 7) is 4.52. The molecule has 26 heavy (non-hydrogen) atoms. The number of phenolic OH excluding ortho intramolecular Hbond substituents is 1. The number of benzene rings is 1. The Kier molecular flexibility index (Phi) is 4.96. The number of phenols is 1. The standard InChI is InChI=1S/C19H23N5O2.H2/c1-19(2)15(9-16(19)26)23-17-13(10-20)11-22-18(24-17)21-8-7-12-5-3-4-6-14(12)25;/h3-6,11,15-16,25-26H,7-9H2,1-2H3,(H2,21,22,23,24);1H/t15-,16+;/m1./s1. The fourth-order valence-electron chi connectivity index (χ4n) is 3.00. The van der Waals surface area contributed by atoms with E-state index in [1.54, 1.807) is 12.1 Å². The largest absolute Gasteiger partial charge is 0.508 e. The number of hydrogen-bond acceptors (Lipinski definition) is 7. The van der Waals surface area contributed by atoms with Crippen molar-refractivity contribution in [3.63, 3.8) is 0 Å². The van der Waals surface area contributed by atoms with E-state index in [0.29, 0.717) is 36.7 Å². The van der Waals surface area contributed by atoms with Gasteiger partial charge in [-0.1, -0.05) is 32.0 Å². The van der Waals surface area contributed by atoms with E-state index in [4.69, 9.17) is 0 Å². The number of para-hydroxylation sites is 1. The van der Waals surface area contributed by atoms with Gasteiger partial charge < -0.3 is 20.8 Å². The predicted molar refractivity (Wildman–Crippen MR) is 101 cm³/mol. The van der Waals surface area contributed by atoms with Crippen LogP contribution in [0.2, 0.25) is 0 Å². The van der Waals surface area contributed by atoms with E-state index in [2.05, 4.69) is 26.7 Å². The highest BCUT2D eigenvalue weighted by Crippen LogP contribution is 2.42. The minimum atomic E-state index is -0.358. The van der Waals surface area contributed by atoms with E-state index in [1.165, 1.54) is 6.20 Å². The molecule has 0 unspecified atom stereocenters. The van der Waals surface area contributed by atoms with Crippen LogP contribution < -0.4 is 10.6 Å². The second-order valence-electron chi connectivity index (χ2n) is 7.14. The Morgan fingerprint density at radius 1 is 1.38 bits per heavy atom. The summed E-state index contributed by atoms with van der Waals surface area (Å²) in [7, 11) is 0. The zero-order valence-corrected chi connectivity index (χ0v) is 14.9. The Morgan fingerprint density at radius 2 is 2.15 bits per heavy atom. The molecule has 7 heteroatoms. The van der Waals surface area contributed by atoms with Crippen molar-refractivity contribution in [1.82, 2.24) is 9.97 Å². The number of aromatic nitrogens is 2. The summed E-state index contributed by atoms with van der Waals surface area (Å²) in [5.41, 5.74) is 0.946. The van der Waals surface area contributed by atoms with Crippen LogP contribution in [-0.2, 0) is 6.42 Å². The molecule has 1 aromatic heterocycles. The number of nitriles is 1. The fraction of sp³-hybridized carbons (Fsp3) is 0.421. The molecule has 4 N–H and O–H groups in total. The lowest BCUT2D eigenvalue weighted by molar-refractivity contribution is -0.0511. The van der Waals surface area contributed by atoms with Gasteiger partial charge in [0.25, 0.3) is 0 Å². The normalized spacial score (nSPS) is 20.7. The Hall–Kier alpha value is -2.85. The monoisotopic (exact) mass is 355 g/mol. The van der Waals surface area contributed by atoms with Gasteiger partial charge in [0.15, 0.2) is 0 Å². The van der Waals surface area contributed by atoms with Crippen LogP contribution in [0.15, 0.2) is 30.5 Å². The van der Waals surface area contributed by atoms with Crippen LogP contribution in [-0.4, -0.2) is 38.9 Å². The predicted octanol–water partition coefficient (Wildman–Crippen LogP) is 2.53. The second-order valence-corrected chi connectivity index (χ2v) is 7.14. The minimum Gasteiger partial charge on any atom is -0.508 e. The van der Waals surface area contributed by atoms with Crippen LogP contribution in [0.5, 0.6) is 5.75 Å². The number of nitrogens with one attached hydrogen (secondary N) is 2. The molecule has 1 heterocycles. The number of aromatic hydroxyl groups is 1. The van der Waals surface area contributed by atoms with Crippen LogP contribution in [0.25, 0.3) is 0 Å². The average molecular weight is 355 g/mol. The van der Waals surface area contributed by atoms with Crippen molar-refractivity contribution in [3.05, 3.63) is 41.6 Å². The molecule has 1 aliphatic rings. The summed E-state index contributed by atoms with van der Waals surface area (Å²) >= 11 is 0. The molecule has 0 amide bonds. The fourth-order valence-corrected chi connectivity index (χ4v) is 3.00. The summed E-state index contributed by atoms with van der Waals surface area (Å²) in [6.07, 6.45) is 2.38. The summed E-state index contributed by atoms with van der Waals surface area (Å²) in [6, 6.07) is 9.33. The van der Waals surface area contributed by atoms with Crippen molar-refractivity contribution in [1.29, 1.82) is 5.26 Å². The van der Waals surface area contributed by atoms with Gasteiger partial charge >= 0.3 is 0 Å². The van der Waals surface area contributed by atoms with Gasteiger partial charge in [0.1, 0.15) is 23.2 Å². The van der Waals surface area contributed by atoms with Gasteiger partial charge in [-0.15, -0.1) is 0 Å². The van der Waals surface area contributed by atoms with Crippen LogP contribution in [0, 0.1) is 16.7 Å². The van der Waals surface area contributed by atoms with Gasteiger partial charge in [0.05, 0.1) is 12.3 Å². The second kappa shape index (κ2) is 7.18. The number of rotatable bonds is 6. The molecule has 0 aliphatic heterocycles. The smallest absolute Gasteiger partial charge is 0.224 e. The first kappa shape index (κ1) is 18.0. The average Bonchev–Trinajstić information content (AvgIpc) is 2.63. The van der Waals surface area contributed by atoms with Crippen molar-refractivity contribution in [2.45, 2.75) is 38.8 Å². The van der Waals surface area contributed by atoms with E-state index >= 15 is 0 Å². The Labute approximate surface area is 154 Å². The lowest BCUT2D eigenvalue weighted by atomic mass is 9.64. The molecule has 0 radical (unpaired) electrons. The third-order valence-corrected chi connectivity index (χ3v) is 5.11. The lowest BCUT2D eigenvalue weighted by Crippen LogP contribution is -2.57. The van der Waals surface area contributed by atoms with Crippen molar-refractivity contribution < 1.29 is 11.6 Å². The van der Waals surface area contributed by atoms with E-state index in [-0.39, 0.29) is 24.7 Å². The molecule has 0 spiro atoms. The number of nitrogens with zero attached hydrogens (tertiary/aromatic N) is 3. The van der Waals surface area contributed by atoms with Gasteiger partial charge in [0.2, 0.25) is 5.95 Å². The summed E-state index contributed by atoms with van der Waals surface area (Å²) in [4.78, 5) is 8.58. The van der Waals surface area contributed by atoms with Crippen LogP contribution >= 0.6 is 0 Å². The highest BCUT2D eigenvalue weighted by Gasteiger charge is 2.47. The van der Waals surface area contributed by atoms with Gasteiger partial charge in [0, 0.05) is 19.4 Å². The lowest BCUT2D eigenvalue weighted by Gasteiger charge is -2.49. The molecule has 1 fully saturated rings. The number of hydrogen-bond donors (Lipinski definition) is 4. The zero-order chi connectivity index (χ0) is 18.7. The van der Waals surface area contributed by atoms with Crippen LogP contribution in [0.1, 0.15) is 32.8 Å². The van der Waals surface area contributed by atoms with Gasteiger partial charge in [-0.05, 0) is 24.5 Å². The maximum atomic E-state index is 9.88. The number of aliphatic hydroxyl groups is 1. The molecular formula is C19H25N5O2. The summed E-state index contributed by atoms with van der Waals surface area (Å²) < 4.78 is 0. The highest BCUT2D eigenvalue weighted by atomic mass is 16.3. The Balaban J connectivity index is 0.00000261. The number of aliphatic hydroxyl groups excluding tert-OH is 1. The Morgan fingerprint density at radius 3 is 2.81 bits per heavy atom. The molecule has 2 atom stereocenters. The van der Waals surface area contributed by atoms with Crippen LogP contribution in [0.4, 0.5) is 11.8 Å². The maximum Gasteiger partial charge on any atom is 0.224 e. The van der Waals surface area contributed by atoms with Crippen molar-refractivity contribution in [3.8, 4) is 11.8 Å². The van der Waals surface area contributed by atoms with Gasteiger partial charge in [-0.25, -0.2) is 4.98 Å². The van der Waals surface area contributed by atoms with E-state index < -0.39 is 0 Å². The molecular weight excluding hydrogens is 330 g/mol. The van der Waals surface area contributed by atoms with Gasteiger partial charge in [-0.3, -0.25) is 0 Å². The van der Waals surface area contributed by atoms with Crippen molar-refractivity contribution in [2.75, 3.05) is 17.2 Å². The number of anilines is 2. The third-order valence-electron chi connectivity index (χ3n) is 5.11. The third kappa shape index (κ3) is 3.55. The van der Waals surface area contributed by atoms with Gasteiger partial charge in [-0.2, -0.15) is 10.2 Å². The quantitative estimate of drug-likeness (QED) is 0.629.